The maximum atomic E-state index is 11.5. The molecule has 1 aromatic rings. The molecular weight excluding hydrogens is 228 g/mol. The van der Waals surface area contributed by atoms with Crippen molar-refractivity contribution in [1.82, 2.24) is 0 Å². The maximum Gasteiger partial charge on any atom is 0.132 e. The highest BCUT2D eigenvalue weighted by molar-refractivity contribution is 5.80. The van der Waals surface area contributed by atoms with Gasteiger partial charge in [-0.1, -0.05) is 18.2 Å². The normalized spacial score (nSPS) is 25.0. The molecule has 0 unspecified atom stereocenters. The van der Waals surface area contributed by atoms with E-state index in [9.17, 15) is 9.90 Å². The molecule has 1 aromatic carbocycles. The van der Waals surface area contributed by atoms with Crippen LogP contribution >= 0.6 is 0 Å². The fraction of sp³-hybridized carbons (Fsp3) is 0.533. The Labute approximate surface area is 107 Å². The Balaban J connectivity index is 2.07. The van der Waals surface area contributed by atoms with Gasteiger partial charge in [-0.05, 0) is 25.3 Å². The smallest absolute Gasteiger partial charge is 0.132 e. The monoisotopic (exact) mass is 246 g/mol. The summed E-state index contributed by atoms with van der Waals surface area (Å²) < 4.78 is 5.95. The highest BCUT2D eigenvalue weighted by atomic mass is 16.5. The lowest BCUT2D eigenvalue weighted by Crippen LogP contribution is -2.43. The van der Waals surface area contributed by atoms with Gasteiger partial charge >= 0.3 is 0 Å². The van der Waals surface area contributed by atoms with Crippen molar-refractivity contribution in [3.05, 3.63) is 29.3 Å². The molecule has 3 nitrogen and oxygen atoms in total. The predicted octanol–water partition coefficient (Wildman–Crippen LogP) is 2.13. The van der Waals surface area contributed by atoms with Crippen molar-refractivity contribution in [1.29, 1.82) is 0 Å². The van der Waals surface area contributed by atoms with E-state index in [2.05, 4.69) is 6.07 Å². The minimum atomic E-state index is -0.193. The van der Waals surface area contributed by atoms with Gasteiger partial charge in [-0.2, -0.15) is 0 Å². The molecule has 96 valence electrons. The lowest BCUT2D eigenvalue weighted by Gasteiger charge is -2.36. The van der Waals surface area contributed by atoms with Crippen molar-refractivity contribution in [3.63, 3.8) is 0 Å². The van der Waals surface area contributed by atoms with Gasteiger partial charge in [-0.15, -0.1) is 0 Å². The number of fused-ring (bicyclic) bond motifs is 2. The second kappa shape index (κ2) is 4.09. The Kier molecular flexibility index (Phi) is 2.67. The summed E-state index contributed by atoms with van der Waals surface area (Å²) in [6, 6.07) is 6.16. The highest BCUT2D eigenvalue weighted by Crippen LogP contribution is 2.51. The van der Waals surface area contributed by atoms with Gasteiger partial charge in [0.2, 0.25) is 0 Å². The molecule has 1 aliphatic carbocycles. The molecule has 1 fully saturated rings. The Morgan fingerprint density at radius 2 is 2.11 bits per heavy atom. The van der Waals surface area contributed by atoms with Gasteiger partial charge in [-0.3, -0.25) is 4.79 Å². The predicted molar refractivity (Wildman–Crippen MR) is 67.8 cm³/mol. The standard InChI is InChI=1S/C15H18O3/c1-10-3-2-4-12-14(10)18-13(9-16)15(12)7-5-11(17)6-8-15/h2-4,13,16H,5-9H2,1H3/t13-/m0/s1. The topological polar surface area (TPSA) is 46.5 Å². The van der Waals surface area contributed by atoms with E-state index < -0.39 is 0 Å². The number of hydrogen-bond donors (Lipinski definition) is 1. The second-order valence-electron chi connectivity index (χ2n) is 5.44. The first-order chi connectivity index (χ1) is 8.67. The first-order valence-corrected chi connectivity index (χ1v) is 6.57. The highest BCUT2D eigenvalue weighted by Gasteiger charge is 2.50. The van der Waals surface area contributed by atoms with Crippen LogP contribution in [-0.2, 0) is 10.2 Å². The summed E-state index contributed by atoms with van der Waals surface area (Å²) in [5, 5.41) is 9.60. The number of carbonyl (C=O) groups is 1. The van der Waals surface area contributed by atoms with Crippen molar-refractivity contribution in [2.24, 2.45) is 0 Å². The van der Waals surface area contributed by atoms with Crippen LogP contribution in [0, 0.1) is 6.92 Å². The molecule has 1 aliphatic heterocycles. The van der Waals surface area contributed by atoms with Crippen LogP contribution in [0.15, 0.2) is 18.2 Å². The third kappa shape index (κ3) is 1.50. The quantitative estimate of drug-likeness (QED) is 0.825. The zero-order chi connectivity index (χ0) is 12.8. The average Bonchev–Trinajstić information content (AvgIpc) is 2.69. The first kappa shape index (κ1) is 11.7. The lowest BCUT2D eigenvalue weighted by atomic mass is 9.66. The number of benzene rings is 1. The molecular formula is C15H18O3. The minimum absolute atomic E-state index is 0.0162. The van der Waals surface area contributed by atoms with E-state index in [4.69, 9.17) is 4.74 Å². The van der Waals surface area contributed by atoms with Crippen LogP contribution in [0.2, 0.25) is 0 Å². The minimum Gasteiger partial charge on any atom is -0.487 e. The van der Waals surface area contributed by atoms with Crippen molar-refractivity contribution >= 4 is 5.78 Å². The number of hydrogen-bond acceptors (Lipinski definition) is 3. The fourth-order valence-electron chi connectivity index (χ4n) is 3.41. The lowest BCUT2D eigenvalue weighted by molar-refractivity contribution is -0.122. The van der Waals surface area contributed by atoms with Gasteiger partial charge < -0.3 is 9.84 Å². The van der Waals surface area contributed by atoms with Crippen LogP contribution in [0.5, 0.6) is 5.75 Å². The largest absolute Gasteiger partial charge is 0.487 e. The molecule has 1 spiro atoms. The fourth-order valence-corrected chi connectivity index (χ4v) is 3.41. The molecule has 1 N–H and O–H groups in total. The zero-order valence-electron chi connectivity index (χ0n) is 10.6. The van der Waals surface area contributed by atoms with E-state index in [0.29, 0.717) is 18.6 Å². The molecule has 18 heavy (non-hydrogen) atoms. The van der Waals surface area contributed by atoms with Crippen molar-refractivity contribution in [2.45, 2.75) is 44.1 Å². The summed E-state index contributed by atoms with van der Waals surface area (Å²) in [4.78, 5) is 11.5. The molecule has 0 radical (unpaired) electrons. The average molecular weight is 246 g/mol. The van der Waals surface area contributed by atoms with Crippen LogP contribution in [-0.4, -0.2) is 23.6 Å². The number of ether oxygens (including phenoxy) is 1. The zero-order valence-corrected chi connectivity index (χ0v) is 10.6. The summed E-state index contributed by atoms with van der Waals surface area (Å²) in [7, 11) is 0. The van der Waals surface area contributed by atoms with Crippen molar-refractivity contribution in [3.8, 4) is 5.75 Å². The summed E-state index contributed by atoms with van der Waals surface area (Å²) in [5.74, 6) is 1.25. The summed E-state index contributed by atoms with van der Waals surface area (Å²) >= 11 is 0. The van der Waals surface area contributed by atoms with E-state index >= 15 is 0 Å². The Morgan fingerprint density at radius 1 is 1.39 bits per heavy atom. The van der Waals surface area contributed by atoms with E-state index in [1.165, 1.54) is 5.56 Å². The van der Waals surface area contributed by atoms with Crippen LogP contribution < -0.4 is 4.74 Å². The molecule has 1 saturated carbocycles. The number of aryl methyl sites for hydroxylation is 1. The molecule has 3 heteroatoms. The van der Waals surface area contributed by atoms with Crippen LogP contribution in [0.4, 0.5) is 0 Å². The van der Waals surface area contributed by atoms with Crippen LogP contribution in [0.1, 0.15) is 36.8 Å². The SMILES string of the molecule is Cc1cccc2c1O[C@@H](CO)C21CCC(=O)CC1. The molecule has 2 aliphatic rings. The van der Waals surface area contributed by atoms with E-state index in [1.807, 2.05) is 19.1 Å². The number of para-hydroxylation sites is 1. The number of ketones is 1. The first-order valence-electron chi connectivity index (χ1n) is 6.57. The van der Waals surface area contributed by atoms with E-state index in [-0.39, 0.29) is 18.1 Å². The number of aliphatic hydroxyl groups is 1. The van der Waals surface area contributed by atoms with E-state index in [1.54, 1.807) is 0 Å². The third-order valence-corrected chi connectivity index (χ3v) is 4.49. The Bertz CT molecular complexity index is 483. The van der Waals surface area contributed by atoms with Gasteiger partial charge in [0.1, 0.15) is 17.6 Å². The number of rotatable bonds is 1. The molecule has 0 saturated heterocycles. The molecule has 3 rings (SSSR count). The van der Waals surface area contributed by atoms with E-state index in [0.717, 1.165) is 24.2 Å². The summed E-state index contributed by atoms with van der Waals surface area (Å²) in [6.07, 6.45) is 2.61. The van der Waals surface area contributed by atoms with Gasteiger partial charge in [0.05, 0.1) is 6.61 Å². The number of aliphatic hydroxyl groups excluding tert-OH is 1. The number of Topliss-reactive ketones (excluding diaryl/α,β-unsaturated/α-hetero) is 1. The Morgan fingerprint density at radius 3 is 2.78 bits per heavy atom. The van der Waals surface area contributed by atoms with Crippen molar-refractivity contribution in [2.75, 3.05) is 6.61 Å². The Hall–Kier alpha value is -1.35. The van der Waals surface area contributed by atoms with Gasteiger partial charge in [0, 0.05) is 23.8 Å². The van der Waals surface area contributed by atoms with Gasteiger partial charge in [-0.25, -0.2) is 0 Å². The van der Waals surface area contributed by atoms with Crippen LogP contribution in [0.25, 0.3) is 0 Å². The molecule has 1 atom stereocenters. The molecule has 1 heterocycles. The number of carbonyl (C=O) groups excluding carboxylic acids is 1. The molecule has 0 aromatic heterocycles. The third-order valence-electron chi connectivity index (χ3n) is 4.49. The summed E-state index contributed by atoms with van der Waals surface area (Å²) in [5.41, 5.74) is 2.15. The van der Waals surface area contributed by atoms with Crippen molar-refractivity contribution < 1.29 is 14.6 Å². The second-order valence-corrected chi connectivity index (χ2v) is 5.44. The molecule has 0 amide bonds. The van der Waals surface area contributed by atoms with Gasteiger partial charge in [0.25, 0.3) is 0 Å². The van der Waals surface area contributed by atoms with Gasteiger partial charge in [0.15, 0.2) is 0 Å². The molecule has 0 bridgehead atoms. The summed E-state index contributed by atoms with van der Waals surface area (Å²) in [6.45, 7) is 2.04. The maximum absolute atomic E-state index is 11.5. The van der Waals surface area contributed by atoms with Crippen LogP contribution in [0.3, 0.4) is 0 Å².